The molecule has 0 aliphatic rings. The first-order valence-electron chi connectivity index (χ1n) is 14.3. The van der Waals surface area contributed by atoms with Crippen LogP contribution in [0.5, 0.6) is 11.5 Å². The lowest BCUT2D eigenvalue weighted by molar-refractivity contribution is 0.0718. The first-order chi connectivity index (χ1) is 20.9. The molecule has 0 aliphatic carbocycles. The van der Waals surface area contributed by atoms with Crippen LogP contribution in [0.3, 0.4) is 0 Å². The number of hydrogen-bond donors (Lipinski definition) is 0. The van der Waals surface area contributed by atoms with E-state index in [0.717, 1.165) is 48.2 Å². The predicted molar refractivity (Wildman–Crippen MR) is 171 cm³/mol. The van der Waals surface area contributed by atoms with E-state index in [0.29, 0.717) is 27.1 Å². The zero-order valence-corrected chi connectivity index (χ0v) is 25.6. The summed E-state index contributed by atoms with van der Waals surface area (Å²) in [4.78, 5) is 34.6. The van der Waals surface area contributed by atoms with Crippen LogP contribution in [-0.4, -0.2) is 21.9 Å². The van der Waals surface area contributed by atoms with E-state index in [9.17, 15) is 9.59 Å². The van der Waals surface area contributed by atoms with Crippen molar-refractivity contribution in [2.75, 3.05) is 0 Å². The molecule has 0 saturated carbocycles. The molecule has 2 heterocycles. The minimum Gasteiger partial charge on any atom is -0.423 e. The van der Waals surface area contributed by atoms with Crippen molar-refractivity contribution in [1.29, 1.82) is 0 Å². The van der Waals surface area contributed by atoms with Crippen LogP contribution in [0.15, 0.2) is 108 Å². The van der Waals surface area contributed by atoms with Crippen LogP contribution in [0.1, 0.15) is 58.5 Å². The van der Waals surface area contributed by atoms with E-state index in [2.05, 4.69) is 51.9 Å². The van der Waals surface area contributed by atoms with Crippen LogP contribution in [0, 0.1) is 0 Å². The summed E-state index contributed by atoms with van der Waals surface area (Å²) in [5.41, 5.74) is 6.75. The van der Waals surface area contributed by atoms with Gasteiger partial charge in [0.2, 0.25) is 0 Å². The lowest BCUT2D eigenvalue weighted by Crippen LogP contribution is -2.10. The maximum atomic E-state index is 12.8. The molecule has 0 saturated heterocycles. The lowest BCUT2D eigenvalue weighted by atomic mass is 10.1. The highest BCUT2D eigenvalue weighted by Gasteiger charge is 2.15. The normalized spacial score (nSPS) is 10.8. The highest BCUT2D eigenvalue weighted by Crippen LogP contribution is 2.31. The summed E-state index contributed by atoms with van der Waals surface area (Å²) < 4.78 is 11.6. The molecule has 0 atom stereocenters. The second-order valence-electron chi connectivity index (χ2n) is 10.1. The Labute approximate surface area is 259 Å². The van der Waals surface area contributed by atoms with E-state index < -0.39 is 11.9 Å². The zero-order valence-electron chi connectivity index (χ0n) is 24.0. The molecule has 0 bridgehead atoms. The largest absolute Gasteiger partial charge is 0.423 e. The molecular formula is C36H31BrN2O4. The average Bonchev–Trinajstić information content (AvgIpc) is 3.03. The van der Waals surface area contributed by atoms with Gasteiger partial charge in [0.1, 0.15) is 11.5 Å². The number of benzene rings is 3. The van der Waals surface area contributed by atoms with Crippen molar-refractivity contribution in [1.82, 2.24) is 9.97 Å². The van der Waals surface area contributed by atoms with Gasteiger partial charge in [0.05, 0.1) is 27.0 Å². The Kier molecular flexibility index (Phi) is 9.74. The topological polar surface area (TPSA) is 78.4 Å². The molecule has 7 heteroatoms. The number of esters is 2. The second kappa shape index (κ2) is 14.0. The van der Waals surface area contributed by atoms with E-state index in [1.54, 1.807) is 42.5 Å². The smallest absolute Gasteiger partial charge is 0.343 e. The third kappa shape index (κ3) is 7.62. The zero-order chi connectivity index (χ0) is 30.2. The summed E-state index contributed by atoms with van der Waals surface area (Å²) in [6.45, 7) is 4.28. The second-order valence-corrected chi connectivity index (χ2v) is 11.0. The van der Waals surface area contributed by atoms with Crippen molar-refractivity contribution >= 4 is 27.9 Å². The van der Waals surface area contributed by atoms with Crippen molar-refractivity contribution in [3.05, 3.63) is 130 Å². The highest BCUT2D eigenvalue weighted by atomic mass is 79.9. The van der Waals surface area contributed by atoms with Gasteiger partial charge in [-0.05, 0) is 94.5 Å². The van der Waals surface area contributed by atoms with Gasteiger partial charge in [-0.2, -0.15) is 0 Å². The van der Waals surface area contributed by atoms with Gasteiger partial charge in [-0.3, -0.25) is 9.97 Å². The number of carbonyl (C=O) groups is 2. The maximum Gasteiger partial charge on any atom is 0.343 e. The van der Waals surface area contributed by atoms with E-state index in [1.807, 2.05) is 48.8 Å². The molecule has 3 aromatic carbocycles. The molecule has 0 radical (unpaired) electrons. The van der Waals surface area contributed by atoms with Crippen LogP contribution in [-0.2, 0) is 12.8 Å². The Morgan fingerprint density at radius 1 is 0.628 bits per heavy atom. The van der Waals surface area contributed by atoms with Gasteiger partial charge < -0.3 is 9.47 Å². The van der Waals surface area contributed by atoms with Gasteiger partial charge in [-0.15, -0.1) is 0 Å². The Morgan fingerprint density at radius 2 is 1.12 bits per heavy atom. The molecule has 2 aromatic heterocycles. The molecule has 0 unspecified atom stereocenters. The van der Waals surface area contributed by atoms with Crippen molar-refractivity contribution in [2.45, 2.75) is 39.5 Å². The third-order valence-electron chi connectivity index (χ3n) is 6.88. The number of carbonyl (C=O) groups excluding carboxylic acids is 2. The van der Waals surface area contributed by atoms with Gasteiger partial charge in [0, 0.05) is 23.5 Å². The standard InChI is InChI=1S/C36H31BrN2O4/c1-3-5-24-7-18-32(38-22-24)26-9-13-28(14-10-26)35(40)42-30-17-20-34(31(37)21-30)43-36(41)29-15-11-27(12-16-29)33-19-8-25(6-4-2)23-39-33/h7-23H,3-6H2,1-2H3. The van der Waals surface area contributed by atoms with Crippen molar-refractivity contribution in [3.8, 4) is 34.0 Å². The lowest BCUT2D eigenvalue weighted by Gasteiger charge is -2.10. The van der Waals surface area contributed by atoms with Gasteiger partial charge in [-0.25, -0.2) is 9.59 Å². The molecule has 0 spiro atoms. The fourth-order valence-corrected chi connectivity index (χ4v) is 5.01. The Hall–Kier alpha value is -4.62. The number of aromatic nitrogens is 2. The van der Waals surface area contributed by atoms with Crippen LogP contribution >= 0.6 is 15.9 Å². The van der Waals surface area contributed by atoms with Crippen molar-refractivity contribution in [2.24, 2.45) is 0 Å². The number of aryl methyl sites for hydroxylation is 2. The third-order valence-corrected chi connectivity index (χ3v) is 7.50. The Bertz CT molecular complexity index is 1700. The number of halogens is 1. The van der Waals surface area contributed by atoms with E-state index in [-0.39, 0.29) is 0 Å². The van der Waals surface area contributed by atoms with E-state index in [4.69, 9.17) is 9.47 Å². The molecule has 216 valence electrons. The molecule has 0 fully saturated rings. The first-order valence-corrected chi connectivity index (χ1v) is 15.1. The number of hydrogen-bond acceptors (Lipinski definition) is 6. The number of rotatable bonds is 10. The summed E-state index contributed by atoms with van der Waals surface area (Å²) in [6, 6.07) is 27.1. The van der Waals surface area contributed by atoms with Gasteiger partial charge in [0.15, 0.2) is 0 Å². The fourth-order valence-electron chi connectivity index (χ4n) is 4.57. The minimum absolute atomic E-state index is 0.309. The molecular weight excluding hydrogens is 604 g/mol. The van der Waals surface area contributed by atoms with Gasteiger partial charge in [0.25, 0.3) is 0 Å². The minimum atomic E-state index is -0.502. The van der Waals surface area contributed by atoms with Crippen molar-refractivity contribution < 1.29 is 19.1 Å². The van der Waals surface area contributed by atoms with Crippen LogP contribution < -0.4 is 9.47 Å². The predicted octanol–water partition coefficient (Wildman–Crippen LogP) is 8.92. The first kappa shape index (κ1) is 29.9. The molecule has 0 amide bonds. The van der Waals surface area contributed by atoms with Crippen LogP contribution in [0.2, 0.25) is 0 Å². The number of ether oxygens (including phenoxy) is 2. The quantitative estimate of drug-likeness (QED) is 0.113. The molecule has 5 rings (SSSR count). The summed E-state index contributed by atoms with van der Waals surface area (Å²) in [7, 11) is 0. The average molecular weight is 636 g/mol. The van der Waals surface area contributed by atoms with E-state index in [1.165, 1.54) is 11.1 Å². The van der Waals surface area contributed by atoms with Crippen LogP contribution in [0.25, 0.3) is 22.5 Å². The van der Waals surface area contributed by atoms with E-state index >= 15 is 0 Å². The molecule has 6 nitrogen and oxygen atoms in total. The SMILES string of the molecule is CCCc1ccc(-c2ccc(C(=O)Oc3ccc(OC(=O)c4ccc(-c5ccc(CCC)cn5)cc4)c(Br)c3)cc2)nc1. The summed E-state index contributed by atoms with van der Waals surface area (Å²) in [5, 5.41) is 0. The van der Waals surface area contributed by atoms with Gasteiger partial charge >= 0.3 is 11.9 Å². The summed E-state index contributed by atoms with van der Waals surface area (Å²) in [5.74, 6) is -0.374. The summed E-state index contributed by atoms with van der Waals surface area (Å²) in [6.07, 6.45) is 7.92. The molecule has 0 N–H and O–H groups in total. The van der Waals surface area contributed by atoms with Crippen molar-refractivity contribution in [3.63, 3.8) is 0 Å². The monoisotopic (exact) mass is 634 g/mol. The number of nitrogens with zero attached hydrogens (tertiary/aromatic N) is 2. The maximum absolute atomic E-state index is 12.8. The van der Waals surface area contributed by atoms with Gasteiger partial charge in [-0.1, -0.05) is 63.1 Å². The molecule has 43 heavy (non-hydrogen) atoms. The fraction of sp³-hybridized carbons (Fsp3) is 0.167. The summed E-state index contributed by atoms with van der Waals surface area (Å²) >= 11 is 3.42. The molecule has 5 aromatic rings. The Morgan fingerprint density at radius 3 is 1.53 bits per heavy atom. The van der Waals surface area contributed by atoms with Crippen LogP contribution in [0.4, 0.5) is 0 Å². The Balaban J connectivity index is 1.18. The highest BCUT2D eigenvalue weighted by molar-refractivity contribution is 9.10. The molecule has 0 aliphatic heterocycles. The number of pyridine rings is 2.